The van der Waals surface area contributed by atoms with Crippen LogP contribution < -0.4 is 31.1 Å². The Labute approximate surface area is 370 Å². The van der Waals surface area contributed by atoms with E-state index in [4.69, 9.17) is 21.3 Å². The fourth-order valence-electron chi connectivity index (χ4n) is 10.3. The molecule has 338 valence electrons. The number of likely N-dealkylation sites (tertiary alicyclic amines) is 1. The molecule has 14 nitrogen and oxygen atoms in total. The summed E-state index contributed by atoms with van der Waals surface area (Å²) in [5.74, 6) is -4.70. The van der Waals surface area contributed by atoms with Crippen molar-refractivity contribution in [1.29, 1.82) is 0 Å². The Hall–Kier alpha value is -5.49. The second-order valence-electron chi connectivity index (χ2n) is 18.3. The number of fused-ring (bicyclic) bond motifs is 4. The number of pyridine rings is 1. The van der Waals surface area contributed by atoms with E-state index >= 15 is 17.6 Å². The SMILES string of the molecule is CC1CN(c2ncc(Cl)c(Nc3cc4c5c(c(=O)n(C)c4cc3F)OCC(F)(F)C(C3CC3)N5)n2)CCC1CN1CCC(c2ccc3c(C4CCC(=O)NC4=O)nn(C)c3c2F)CC1. The number of aryl methyl sites for hydroxylation is 2. The number of ether oxygens (including phenoxy) is 1. The molecule has 0 radical (unpaired) electrons. The molecule has 2 amide bonds. The Morgan fingerprint density at radius 3 is 2.52 bits per heavy atom. The van der Waals surface area contributed by atoms with Gasteiger partial charge in [0.25, 0.3) is 5.56 Å². The molecule has 7 heterocycles. The van der Waals surface area contributed by atoms with E-state index in [1.165, 1.54) is 34.6 Å². The number of rotatable bonds is 8. The number of piperidine rings is 3. The summed E-state index contributed by atoms with van der Waals surface area (Å²) >= 11 is 6.58. The lowest BCUT2D eigenvalue weighted by atomic mass is 9.84. The van der Waals surface area contributed by atoms with E-state index in [9.17, 15) is 14.4 Å². The fourth-order valence-corrected chi connectivity index (χ4v) is 10.5. The van der Waals surface area contributed by atoms with Gasteiger partial charge in [-0.05, 0) is 86.9 Å². The van der Waals surface area contributed by atoms with Gasteiger partial charge in [-0.1, -0.05) is 30.7 Å². The number of hydrogen-bond acceptors (Lipinski definition) is 11. The van der Waals surface area contributed by atoms with Crippen LogP contribution in [0.4, 0.5) is 40.7 Å². The van der Waals surface area contributed by atoms with Crippen LogP contribution in [-0.2, 0) is 23.7 Å². The van der Waals surface area contributed by atoms with E-state index < -0.39 is 41.8 Å². The highest BCUT2D eigenvalue weighted by Crippen LogP contribution is 2.46. The first kappa shape index (κ1) is 42.5. The predicted molar refractivity (Wildman–Crippen MR) is 234 cm³/mol. The third-order valence-electron chi connectivity index (χ3n) is 14.1. The van der Waals surface area contributed by atoms with Crippen LogP contribution in [0.15, 0.2) is 35.3 Å². The number of alkyl halides is 2. The average molecular weight is 905 g/mol. The zero-order chi connectivity index (χ0) is 44.8. The molecule has 0 bridgehead atoms. The van der Waals surface area contributed by atoms with E-state index in [0.717, 1.165) is 38.9 Å². The molecule has 0 spiro atoms. The molecule has 3 saturated heterocycles. The molecule has 4 unspecified atom stereocenters. The molecule has 1 saturated carbocycles. The number of amides is 2. The molecular formula is C45H49ClF4N10O4. The normalized spacial score (nSPS) is 24.3. The van der Waals surface area contributed by atoms with Crippen molar-refractivity contribution in [3.8, 4) is 5.75 Å². The summed E-state index contributed by atoms with van der Waals surface area (Å²) in [5, 5.41) is 13.9. The molecular weight excluding hydrogens is 856 g/mol. The van der Waals surface area contributed by atoms with Gasteiger partial charge in [0.15, 0.2) is 18.2 Å². The van der Waals surface area contributed by atoms with Gasteiger partial charge in [-0.3, -0.25) is 24.4 Å². The van der Waals surface area contributed by atoms with Crippen LogP contribution in [0.5, 0.6) is 5.75 Å². The van der Waals surface area contributed by atoms with Crippen molar-refractivity contribution in [2.24, 2.45) is 31.8 Å². The van der Waals surface area contributed by atoms with Crippen LogP contribution in [0.25, 0.3) is 21.8 Å². The number of carbonyl (C=O) groups is 2. The molecule has 5 aliphatic rings. The van der Waals surface area contributed by atoms with E-state index in [0.29, 0.717) is 71.8 Å². The summed E-state index contributed by atoms with van der Waals surface area (Å²) in [4.78, 5) is 51.4. The first-order chi connectivity index (χ1) is 30.6. The quantitative estimate of drug-likeness (QED) is 0.109. The number of nitrogens with zero attached hydrogens (tertiary/aromatic N) is 7. The zero-order valence-electron chi connectivity index (χ0n) is 35.7. The predicted octanol–water partition coefficient (Wildman–Crippen LogP) is 6.97. The number of nitrogens with one attached hydrogen (secondary N) is 3. The summed E-state index contributed by atoms with van der Waals surface area (Å²) in [6, 6.07) is 5.11. The van der Waals surface area contributed by atoms with Crippen molar-refractivity contribution in [2.45, 2.75) is 75.7 Å². The summed E-state index contributed by atoms with van der Waals surface area (Å²) in [6.07, 6.45) is 5.79. The van der Waals surface area contributed by atoms with Crippen molar-refractivity contribution < 1.29 is 31.9 Å². The molecule has 1 aliphatic carbocycles. The number of anilines is 4. The summed E-state index contributed by atoms with van der Waals surface area (Å²) in [5.41, 5.74) is 1.18. The largest absolute Gasteiger partial charge is 0.480 e. The van der Waals surface area contributed by atoms with Gasteiger partial charge in [0.1, 0.15) is 16.4 Å². The molecule has 4 aliphatic heterocycles. The number of aromatic nitrogens is 5. The van der Waals surface area contributed by atoms with Crippen molar-refractivity contribution in [1.82, 2.24) is 34.5 Å². The third kappa shape index (κ3) is 7.59. The molecule has 3 N–H and O–H groups in total. The van der Waals surface area contributed by atoms with Crippen LogP contribution in [-0.4, -0.2) is 92.3 Å². The number of halogens is 5. The Morgan fingerprint density at radius 1 is 1.00 bits per heavy atom. The number of hydrogen-bond donors (Lipinski definition) is 3. The van der Waals surface area contributed by atoms with Gasteiger partial charge in [-0.2, -0.15) is 10.1 Å². The maximum atomic E-state index is 16.2. The highest BCUT2D eigenvalue weighted by atomic mass is 35.5. The van der Waals surface area contributed by atoms with E-state index in [-0.39, 0.29) is 69.4 Å². The number of imide groups is 1. The van der Waals surface area contributed by atoms with Gasteiger partial charge < -0.3 is 29.7 Å². The lowest BCUT2D eigenvalue weighted by Crippen LogP contribution is -2.45. The summed E-state index contributed by atoms with van der Waals surface area (Å²) < 4.78 is 70.6. The highest BCUT2D eigenvalue weighted by Gasteiger charge is 2.51. The van der Waals surface area contributed by atoms with Crippen molar-refractivity contribution in [2.75, 3.05) is 54.9 Å². The van der Waals surface area contributed by atoms with Gasteiger partial charge in [-0.15, -0.1) is 0 Å². The minimum Gasteiger partial charge on any atom is -0.480 e. The molecule has 10 rings (SSSR count). The topological polar surface area (TPSA) is 152 Å². The first-order valence-electron chi connectivity index (χ1n) is 22.0. The molecule has 19 heteroatoms. The van der Waals surface area contributed by atoms with Gasteiger partial charge in [0.2, 0.25) is 23.5 Å². The van der Waals surface area contributed by atoms with Gasteiger partial charge >= 0.3 is 5.92 Å². The summed E-state index contributed by atoms with van der Waals surface area (Å²) in [6.45, 7) is 5.21. The maximum Gasteiger partial charge on any atom is 0.301 e. The monoisotopic (exact) mass is 904 g/mol. The van der Waals surface area contributed by atoms with Crippen molar-refractivity contribution in [3.05, 3.63) is 68.7 Å². The molecule has 3 aromatic heterocycles. The molecule has 64 heavy (non-hydrogen) atoms. The summed E-state index contributed by atoms with van der Waals surface area (Å²) in [7, 11) is 3.13. The fraction of sp³-hybridized carbons (Fsp3) is 0.511. The van der Waals surface area contributed by atoms with Crippen molar-refractivity contribution in [3.63, 3.8) is 0 Å². The molecule has 5 aromatic rings. The van der Waals surface area contributed by atoms with Gasteiger partial charge in [0, 0.05) is 57.0 Å². The van der Waals surface area contributed by atoms with Crippen LogP contribution in [0.1, 0.15) is 75.0 Å². The molecule has 2 aromatic carbocycles. The molecule has 4 atom stereocenters. The molecule has 4 fully saturated rings. The number of carbonyl (C=O) groups excluding carboxylic acids is 2. The average Bonchev–Trinajstić information content (AvgIpc) is 4.06. The minimum absolute atomic E-state index is 0.0179. The third-order valence-corrected chi connectivity index (χ3v) is 14.4. The van der Waals surface area contributed by atoms with Crippen LogP contribution in [0.2, 0.25) is 5.02 Å². The minimum atomic E-state index is -3.22. The highest BCUT2D eigenvalue weighted by molar-refractivity contribution is 6.33. The second-order valence-corrected chi connectivity index (χ2v) is 18.7. The van der Waals surface area contributed by atoms with E-state index in [1.54, 1.807) is 7.05 Å². The smallest absolute Gasteiger partial charge is 0.301 e. The van der Waals surface area contributed by atoms with Crippen LogP contribution in [0.3, 0.4) is 0 Å². The Bertz CT molecular complexity index is 2770. The van der Waals surface area contributed by atoms with Gasteiger partial charge in [-0.25, -0.2) is 22.5 Å². The lowest BCUT2D eigenvalue weighted by Gasteiger charge is -2.41. The lowest BCUT2D eigenvalue weighted by molar-refractivity contribution is -0.134. The Balaban J connectivity index is 0.794. The van der Waals surface area contributed by atoms with Crippen LogP contribution in [0, 0.1) is 29.4 Å². The Kier molecular flexibility index (Phi) is 10.7. The van der Waals surface area contributed by atoms with Crippen molar-refractivity contribution >= 4 is 68.4 Å². The number of benzene rings is 2. The van der Waals surface area contributed by atoms with Crippen LogP contribution >= 0.6 is 11.6 Å². The maximum absolute atomic E-state index is 16.2. The van der Waals surface area contributed by atoms with Gasteiger partial charge in [0.05, 0.1) is 40.7 Å². The van der Waals surface area contributed by atoms with E-state index in [1.807, 2.05) is 12.1 Å². The first-order valence-corrected chi connectivity index (χ1v) is 22.4. The standard InChI is InChI=1S/C45H49ClF4N10O4/c1-22-19-60(15-12-25(22)20-59-13-10-23(11-14-59)26-6-7-27-36(56-58(3)38(27)35(26)48)28-8-9-34(61)53-42(28)62)44-51-18-30(46)41(55-44)52-32-16-29-33(17-31(32)47)57(2)43(63)39-37(29)54-40(24-4-5-24)45(49,50)21-64-39/h6-7,16-18,22-25,28,40,54H,4-5,8-15,19-21H2,1-3H3,(H,51,52,55)(H,53,61,62). The zero-order valence-corrected chi connectivity index (χ0v) is 36.5. The van der Waals surface area contributed by atoms with E-state index in [2.05, 4.69) is 42.8 Å². The second kappa shape index (κ2) is 16.2. The Morgan fingerprint density at radius 2 is 1.78 bits per heavy atom.